The van der Waals surface area contributed by atoms with E-state index in [0.717, 1.165) is 18.6 Å². The van der Waals surface area contributed by atoms with Gasteiger partial charge in [-0.1, -0.05) is 6.92 Å². The molecular formula is C11H19N3O2S. The van der Waals surface area contributed by atoms with E-state index in [1.165, 1.54) is 0 Å². The van der Waals surface area contributed by atoms with Gasteiger partial charge in [0.05, 0.1) is 6.61 Å². The Labute approximate surface area is 106 Å². The summed E-state index contributed by atoms with van der Waals surface area (Å²) in [6.45, 7) is 3.17. The van der Waals surface area contributed by atoms with Crippen molar-refractivity contribution in [2.24, 2.45) is 0 Å². The summed E-state index contributed by atoms with van der Waals surface area (Å²) in [6, 6.07) is -0.151. The zero-order valence-electron chi connectivity index (χ0n) is 10.3. The van der Waals surface area contributed by atoms with Crippen molar-refractivity contribution in [3.8, 4) is 0 Å². The number of carbonyl (C=O) groups excluding carboxylic acids is 1. The number of methoxy groups -OCH3 is 1. The highest BCUT2D eigenvalue weighted by atomic mass is 32.2. The lowest BCUT2D eigenvalue weighted by Crippen LogP contribution is -2.58. The molecule has 0 radical (unpaired) electrons. The summed E-state index contributed by atoms with van der Waals surface area (Å²) in [5.41, 5.74) is -0.432. The van der Waals surface area contributed by atoms with Gasteiger partial charge in [0.1, 0.15) is 11.4 Å². The van der Waals surface area contributed by atoms with Crippen LogP contribution in [0.4, 0.5) is 4.79 Å². The molecule has 0 saturated carbocycles. The number of hydrogen-bond acceptors (Lipinski definition) is 4. The molecule has 2 saturated heterocycles. The van der Waals surface area contributed by atoms with Crippen LogP contribution in [0.3, 0.4) is 0 Å². The normalized spacial score (nSPS) is 33.3. The number of rotatable bonds is 3. The van der Waals surface area contributed by atoms with E-state index in [4.69, 9.17) is 10.1 Å². The molecular weight excluding hydrogens is 238 g/mol. The number of nitrogens with one attached hydrogen (secondary N) is 2. The monoisotopic (exact) mass is 257 g/mol. The van der Waals surface area contributed by atoms with Crippen molar-refractivity contribution >= 4 is 23.6 Å². The quantitative estimate of drug-likeness (QED) is 0.800. The number of nitrogens with zero attached hydrogens (tertiary/aromatic N) is 1. The van der Waals surface area contributed by atoms with Gasteiger partial charge in [-0.3, -0.25) is 10.7 Å². The number of thioether (sulfide) groups is 1. The Morgan fingerprint density at radius 3 is 3.12 bits per heavy atom. The third kappa shape index (κ3) is 1.93. The molecule has 5 nitrogen and oxygen atoms in total. The maximum absolute atomic E-state index is 11.9. The first-order valence-electron chi connectivity index (χ1n) is 5.91. The van der Waals surface area contributed by atoms with Crippen LogP contribution in [0.15, 0.2) is 0 Å². The van der Waals surface area contributed by atoms with Crippen LogP contribution < -0.4 is 5.32 Å². The van der Waals surface area contributed by atoms with Gasteiger partial charge in [0, 0.05) is 18.9 Å². The summed E-state index contributed by atoms with van der Waals surface area (Å²) in [5, 5.41) is 11.0. The van der Waals surface area contributed by atoms with Crippen LogP contribution >= 0.6 is 11.8 Å². The highest BCUT2D eigenvalue weighted by molar-refractivity contribution is 8.00. The average Bonchev–Trinajstić information content (AvgIpc) is 2.53. The highest BCUT2D eigenvalue weighted by Gasteiger charge is 2.54. The topological polar surface area (TPSA) is 65.4 Å². The first-order chi connectivity index (χ1) is 8.13. The molecule has 2 unspecified atom stereocenters. The number of ether oxygens (including phenoxy) is 1. The molecule has 2 atom stereocenters. The maximum Gasteiger partial charge on any atom is 0.323 e. The van der Waals surface area contributed by atoms with Crippen molar-refractivity contribution in [1.82, 2.24) is 10.2 Å². The molecule has 0 aromatic carbocycles. The summed E-state index contributed by atoms with van der Waals surface area (Å²) in [5.74, 6) is 1.47. The lowest BCUT2D eigenvalue weighted by molar-refractivity contribution is 0.119. The molecule has 1 spiro atoms. The fourth-order valence-corrected chi connectivity index (χ4v) is 4.01. The van der Waals surface area contributed by atoms with Crippen LogP contribution in [0.5, 0.6) is 0 Å². The molecule has 2 amide bonds. The van der Waals surface area contributed by atoms with E-state index < -0.39 is 5.54 Å². The van der Waals surface area contributed by atoms with Gasteiger partial charge < -0.3 is 9.64 Å². The molecule has 0 bridgehead atoms. The summed E-state index contributed by atoms with van der Waals surface area (Å²) in [4.78, 5) is 13.7. The number of hydrogen-bond donors (Lipinski definition) is 2. The SMILES string of the molecule is COCCN1C(=O)NC(=N)C12CCCSC2C. The second-order valence-electron chi connectivity index (χ2n) is 4.49. The number of carbonyl (C=O) groups is 1. The third-order valence-corrected chi connectivity index (χ3v) is 5.07. The van der Waals surface area contributed by atoms with E-state index in [0.29, 0.717) is 19.0 Å². The number of amidine groups is 1. The molecule has 2 aliphatic heterocycles. The van der Waals surface area contributed by atoms with Gasteiger partial charge in [-0.25, -0.2) is 4.79 Å². The van der Waals surface area contributed by atoms with Crippen molar-refractivity contribution in [2.75, 3.05) is 26.0 Å². The van der Waals surface area contributed by atoms with Gasteiger partial charge in [0.2, 0.25) is 0 Å². The molecule has 6 heteroatoms. The smallest absolute Gasteiger partial charge is 0.323 e. The van der Waals surface area contributed by atoms with Crippen LogP contribution in [-0.4, -0.2) is 53.6 Å². The van der Waals surface area contributed by atoms with Crippen molar-refractivity contribution in [1.29, 1.82) is 5.41 Å². The molecule has 2 aliphatic rings. The van der Waals surface area contributed by atoms with E-state index >= 15 is 0 Å². The lowest BCUT2D eigenvalue weighted by atomic mass is 9.87. The zero-order valence-corrected chi connectivity index (χ0v) is 11.1. The van der Waals surface area contributed by atoms with Gasteiger partial charge in [-0.15, -0.1) is 0 Å². The Bertz CT molecular complexity index is 337. The largest absolute Gasteiger partial charge is 0.383 e. The summed E-state index contributed by atoms with van der Waals surface area (Å²) >= 11 is 1.84. The van der Waals surface area contributed by atoms with Gasteiger partial charge in [-0.05, 0) is 18.6 Å². The Kier molecular flexibility index (Phi) is 3.63. The van der Waals surface area contributed by atoms with E-state index in [2.05, 4.69) is 12.2 Å². The number of amides is 2. The summed E-state index contributed by atoms with van der Waals surface area (Å²) in [7, 11) is 1.63. The summed E-state index contributed by atoms with van der Waals surface area (Å²) < 4.78 is 5.06. The van der Waals surface area contributed by atoms with Crippen molar-refractivity contribution in [3.05, 3.63) is 0 Å². The van der Waals surface area contributed by atoms with E-state index in [1.807, 2.05) is 11.8 Å². The van der Waals surface area contributed by atoms with Gasteiger partial charge in [-0.2, -0.15) is 11.8 Å². The molecule has 2 rings (SSSR count). The molecule has 0 aromatic heterocycles. The lowest BCUT2D eigenvalue weighted by Gasteiger charge is -2.43. The fraction of sp³-hybridized carbons (Fsp3) is 0.818. The van der Waals surface area contributed by atoms with E-state index in [-0.39, 0.29) is 11.3 Å². The zero-order chi connectivity index (χ0) is 12.5. The molecule has 96 valence electrons. The van der Waals surface area contributed by atoms with Crippen molar-refractivity contribution < 1.29 is 9.53 Å². The molecule has 2 fully saturated rings. The Morgan fingerprint density at radius 2 is 2.47 bits per heavy atom. The average molecular weight is 257 g/mol. The minimum atomic E-state index is -0.432. The minimum absolute atomic E-state index is 0.151. The predicted octanol–water partition coefficient (Wildman–Crippen LogP) is 1.29. The van der Waals surface area contributed by atoms with Gasteiger partial charge in [0.15, 0.2) is 0 Å². The Hall–Kier alpha value is -0.750. The molecule has 2 heterocycles. The van der Waals surface area contributed by atoms with Gasteiger partial charge in [0.25, 0.3) is 0 Å². The Morgan fingerprint density at radius 1 is 1.71 bits per heavy atom. The fourth-order valence-electron chi connectivity index (χ4n) is 2.71. The van der Waals surface area contributed by atoms with Crippen LogP contribution in [-0.2, 0) is 4.74 Å². The maximum atomic E-state index is 11.9. The van der Waals surface area contributed by atoms with E-state index in [1.54, 1.807) is 12.0 Å². The molecule has 0 aliphatic carbocycles. The second kappa shape index (κ2) is 4.86. The predicted molar refractivity (Wildman–Crippen MR) is 68.7 cm³/mol. The summed E-state index contributed by atoms with van der Waals surface area (Å²) in [6.07, 6.45) is 1.93. The molecule has 2 N–H and O–H groups in total. The van der Waals surface area contributed by atoms with Crippen LogP contribution in [0.1, 0.15) is 19.8 Å². The first-order valence-corrected chi connectivity index (χ1v) is 6.96. The van der Waals surface area contributed by atoms with Crippen LogP contribution in [0.25, 0.3) is 0 Å². The first kappa shape index (κ1) is 12.7. The third-order valence-electron chi connectivity index (χ3n) is 3.65. The van der Waals surface area contributed by atoms with Crippen LogP contribution in [0.2, 0.25) is 0 Å². The van der Waals surface area contributed by atoms with Crippen molar-refractivity contribution in [2.45, 2.75) is 30.6 Å². The standard InChI is InChI=1S/C11H19N3O2S/c1-8-11(4-3-7-17-8)9(12)13-10(15)14(11)5-6-16-2/h8H,3-7H2,1-2H3,(H2,12,13,15). The second-order valence-corrected chi connectivity index (χ2v) is 5.94. The van der Waals surface area contributed by atoms with E-state index in [9.17, 15) is 4.79 Å². The van der Waals surface area contributed by atoms with Crippen molar-refractivity contribution in [3.63, 3.8) is 0 Å². The number of urea groups is 1. The highest BCUT2D eigenvalue weighted by Crippen LogP contribution is 2.41. The van der Waals surface area contributed by atoms with Gasteiger partial charge >= 0.3 is 6.03 Å². The molecule has 0 aromatic rings. The van der Waals surface area contributed by atoms with Crippen LogP contribution in [0, 0.1) is 5.41 Å². The Balaban J connectivity index is 2.26. The molecule has 17 heavy (non-hydrogen) atoms. The minimum Gasteiger partial charge on any atom is -0.383 e.